The number of nitrogens with zero attached hydrogens (tertiary/aromatic N) is 3. The monoisotopic (exact) mass is 550 g/mol. The molecule has 4 heterocycles. The molecule has 5 atom stereocenters. The van der Waals surface area contributed by atoms with Gasteiger partial charge in [-0.05, 0) is 6.92 Å². The van der Waals surface area contributed by atoms with Crippen LogP contribution in [0.3, 0.4) is 0 Å². The van der Waals surface area contributed by atoms with E-state index in [0.717, 1.165) is 0 Å². The summed E-state index contributed by atoms with van der Waals surface area (Å²) in [6, 6.07) is -0.0912. The maximum Gasteiger partial charge on any atom is 0.402 e. The lowest BCUT2D eigenvalue weighted by Gasteiger charge is -2.41. The maximum atomic E-state index is 13.3. The van der Waals surface area contributed by atoms with E-state index in [1.54, 1.807) is 24.1 Å². The maximum absolute atomic E-state index is 13.3. The zero-order valence-corrected chi connectivity index (χ0v) is 20.9. The van der Waals surface area contributed by atoms with Crippen LogP contribution in [0, 0.1) is 5.92 Å². The van der Waals surface area contributed by atoms with E-state index in [-0.39, 0.29) is 25.8 Å². The summed E-state index contributed by atoms with van der Waals surface area (Å²) in [4.78, 5) is 32.6. The van der Waals surface area contributed by atoms with Gasteiger partial charge in [0.2, 0.25) is 5.91 Å². The van der Waals surface area contributed by atoms with Gasteiger partial charge in [-0.3, -0.25) is 15.0 Å². The molecule has 0 aromatic carbocycles. The molecule has 11 nitrogen and oxygen atoms in total. The van der Waals surface area contributed by atoms with Crippen molar-refractivity contribution in [3.63, 3.8) is 0 Å². The highest BCUT2D eigenvalue weighted by Gasteiger charge is 2.51. The molecule has 4 rings (SSSR count). The van der Waals surface area contributed by atoms with Crippen LogP contribution in [0.15, 0.2) is 12.3 Å². The first kappa shape index (κ1) is 27.6. The molecule has 4 N–H and O–H groups in total. The fourth-order valence-electron chi connectivity index (χ4n) is 4.83. The second-order valence-electron chi connectivity index (χ2n) is 9.36. The third kappa shape index (κ3) is 6.55. The number of hydrogen-bond acceptors (Lipinski definition) is 9. The van der Waals surface area contributed by atoms with Crippen molar-refractivity contribution in [2.45, 2.75) is 43.8 Å². The fraction of sp³-hybridized carbons (Fsp3) is 0.682. The smallest absolute Gasteiger partial charge is 0.402 e. The predicted octanol–water partition coefficient (Wildman–Crippen LogP) is 0.0718. The summed E-state index contributed by atoms with van der Waals surface area (Å²) in [5.41, 5.74) is 4.43. The normalized spacial score (nSPS) is 25.8. The molecule has 206 valence electrons. The highest BCUT2D eigenvalue weighted by molar-refractivity contribution is 6.30. The van der Waals surface area contributed by atoms with Gasteiger partial charge in [0.15, 0.2) is 23.6 Å². The lowest BCUT2D eigenvalue weighted by atomic mass is 9.96. The second kappa shape index (κ2) is 11.6. The van der Waals surface area contributed by atoms with Crippen molar-refractivity contribution in [1.29, 1.82) is 0 Å². The number of carbonyl (C=O) groups excluding carboxylic acids is 2. The van der Waals surface area contributed by atoms with Crippen LogP contribution in [-0.2, 0) is 14.3 Å². The molecule has 2 fully saturated rings. The van der Waals surface area contributed by atoms with Crippen LogP contribution in [0.5, 0.6) is 5.75 Å². The van der Waals surface area contributed by atoms with Gasteiger partial charge in [-0.2, -0.15) is 13.2 Å². The van der Waals surface area contributed by atoms with Crippen LogP contribution >= 0.6 is 11.6 Å². The molecular formula is C22H30ClF3N6O5. The van der Waals surface area contributed by atoms with Crippen molar-refractivity contribution in [3.05, 3.63) is 17.3 Å². The number of amides is 2. The van der Waals surface area contributed by atoms with Gasteiger partial charge in [-0.25, -0.2) is 10.4 Å². The van der Waals surface area contributed by atoms with Crippen LogP contribution in [0.1, 0.15) is 13.3 Å². The molecule has 3 aliphatic heterocycles. The molecule has 0 radical (unpaired) electrons. The number of hydrogen-bond donors (Lipinski definition) is 4. The minimum Gasteiger partial charge on any atom is -0.490 e. The van der Waals surface area contributed by atoms with Crippen LogP contribution in [0.25, 0.3) is 0 Å². The number of fused-ring (bicyclic) bond motifs is 3. The SMILES string of the molecule is C[C@@H](COC[C@@H](O)C(=O)N1CCN2c3ncc(Cl)cc3OCC[C@@H]2C1)NC1CNNC(=O)C1C(F)(F)F. The Morgan fingerprint density at radius 3 is 2.95 bits per heavy atom. The average Bonchev–Trinajstić information content (AvgIpc) is 3.00. The Kier molecular flexibility index (Phi) is 8.63. The number of anilines is 1. The van der Waals surface area contributed by atoms with E-state index < -0.39 is 42.1 Å². The summed E-state index contributed by atoms with van der Waals surface area (Å²) >= 11 is 6.02. The number of halogens is 4. The van der Waals surface area contributed by atoms with Crippen LogP contribution in [-0.4, -0.2) is 103 Å². The Morgan fingerprint density at radius 1 is 1.41 bits per heavy atom. The van der Waals surface area contributed by atoms with Crippen molar-refractivity contribution in [2.75, 3.05) is 50.9 Å². The molecular weight excluding hydrogens is 521 g/mol. The molecule has 3 aliphatic rings. The van der Waals surface area contributed by atoms with Gasteiger partial charge in [0.1, 0.15) is 0 Å². The van der Waals surface area contributed by atoms with Gasteiger partial charge in [0.25, 0.3) is 5.91 Å². The average molecular weight is 551 g/mol. The van der Waals surface area contributed by atoms with E-state index in [2.05, 4.69) is 20.6 Å². The number of aromatic nitrogens is 1. The molecule has 0 spiro atoms. The first-order valence-electron chi connectivity index (χ1n) is 12.0. The number of alkyl halides is 3. The largest absolute Gasteiger partial charge is 0.490 e. The predicted molar refractivity (Wildman–Crippen MR) is 126 cm³/mol. The van der Waals surface area contributed by atoms with Crippen molar-refractivity contribution in [1.82, 2.24) is 26.1 Å². The Hall–Kier alpha value is -2.39. The molecule has 2 unspecified atom stereocenters. The van der Waals surface area contributed by atoms with Gasteiger partial charge < -0.3 is 29.7 Å². The minimum atomic E-state index is -4.70. The van der Waals surface area contributed by atoms with Crippen molar-refractivity contribution in [2.24, 2.45) is 5.92 Å². The van der Waals surface area contributed by atoms with E-state index in [0.29, 0.717) is 49.3 Å². The molecule has 1 aromatic heterocycles. The number of nitrogens with one attached hydrogen (secondary N) is 3. The highest BCUT2D eigenvalue weighted by atomic mass is 35.5. The van der Waals surface area contributed by atoms with Crippen LogP contribution < -0.4 is 25.8 Å². The highest BCUT2D eigenvalue weighted by Crippen LogP contribution is 2.34. The lowest BCUT2D eigenvalue weighted by molar-refractivity contribution is -0.193. The number of carbonyl (C=O) groups is 2. The number of aliphatic hydroxyl groups excluding tert-OH is 1. The molecule has 2 amide bonds. The summed E-state index contributed by atoms with van der Waals surface area (Å²) in [5, 5.41) is 13.6. The number of aliphatic hydroxyl groups is 1. The minimum absolute atomic E-state index is 0.0483. The lowest BCUT2D eigenvalue weighted by Crippen LogP contribution is -2.65. The Labute approximate surface area is 216 Å². The van der Waals surface area contributed by atoms with E-state index >= 15 is 0 Å². The van der Waals surface area contributed by atoms with Gasteiger partial charge in [0, 0.05) is 56.9 Å². The molecule has 0 saturated carbocycles. The first-order chi connectivity index (χ1) is 17.5. The van der Waals surface area contributed by atoms with Gasteiger partial charge >= 0.3 is 6.18 Å². The quantitative estimate of drug-likeness (QED) is 0.373. The standard InChI is InChI=1S/C22H30ClF3N6O5/c1-12(29-15-8-28-30-20(34)18(15)22(24,25)26)10-36-11-16(33)21(35)31-3-4-32-14(9-31)2-5-37-17-6-13(23)7-27-19(17)32/h6-7,12,14-16,18,28-29,33H,2-5,8-11H2,1H3,(H,30,34)/t12-,14+,15?,16+,18?/m0/s1. The number of ether oxygens (including phenoxy) is 2. The molecule has 37 heavy (non-hydrogen) atoms. The molecule has 2 saturated heterocycles. The summed E-state index contributed by atoms with van der Waals surface area (Å²) < 4.78 is 51.0. The summed E-state index contributed by atoms with van der Waals surface area (Å²) in [7, 11) is 0. The third-order valence-electron chi connectivity index (χ3n) is 6.57. The number of hydrazine groups is 1. The van der Waals surface area contributed by atoms with E-state index in [1.165, 1.54) is 0 Å². The van der Waals surface area contributed by atoms with E-state index in [4.69, 9.17) is 21.1 Å². The van der Waals surface area contributed by atoms with Crippen molar-refractivity contribution in [3.8, 4) is 5.75 Å². The molecule has 1 aromatic rings. The number of pyridine rings is 1. The second-order valence-corrected chi connectivity index (χ2v) is 9.80. The van der Waals surface area contributed by atoms with Crippen molar-refractivity contribution >= 4 is 29.2 Å². The van der Waals surface area contributed by atoms with E-state index in [9.17, 15) is 27.9 Å². The first-order valence-corrected chi connectivity index (χ1v) is 12.4. The molecule has 0 bridgehead atoms. The molecule has 15 heteroatoms. The summed E-state index contributed by atoms with van der Waals surface area (Å²) in [6.07, 6.45) is -3.93. The van der Waals surface area contributed by atoms with Crippen molar-refractivity contribution < 1.29 is 37.3 Å². The third-order valence-corrected chi connectivity index (χ3v) is 6.78. The fourth-order valence-corrected chi connectivity index (χ4v) is 4.98. The number of rotatable bonds is 7. The van der Waals surface area contributed by atoms with Gasteiger partial charge in [0.05, 0.1) is 30.9 Å². The van der Waals surface area contributed by atoms with Crippen LogP contribution in [0.2, 0.25) is 5.02 Å². The zero-order chi connectivity index (χ0) is 26.7. The van der Waals surface area contributed by atoms with Crippen LogP contribution in [0.4, 0.5) is 19.0 Å². The van der Waals surface area contributed by atoms with E-state index in [1.807, 2.05) is 5.43 Å². The Balaban J connectivity index is 1.25. The summed E-state index contributed by atoms with van der Waals surface area (Å²) in [5.74, 6) is -2.58. The Morgan fingerprint density at radius 2 is 2.19 bits per heavy atom. The summed E-state index contributed by atoms with van der Waals surface area (Å²) in [6.45, 7) is 2.77. The van der Waals surface area contributed by atoms with Gasteiger partial charge in [-0.1, -0.05) is 11.6 Å². The van der Waals surface area contributed by atoms with Gasteiger partial charge in [-0.15, -0.1) is 0 Å². The molecule has 0 aliphatic carbocycles. The number of piperazine rings is 1. The topological polar surface area (TPSA) is 128 Å². The Bertz CT molecular complexity index is 989. The zero-order valence-electron chi connectivity index (χ0n) is 20.1.